The van der Waals surface area contributed by atoms with E-state index in [9.17, 15) is 45.0 Å². The molecule has 3 saturated carbocycles. The zero-order valence-corrected chi connectivity index (χ0v) is 65.4. The van der Waals surface area contributed by atoms with Crippen LogP contribution in [0.25, 0.3) is 0 Å². The van der Waals surface area contributed by atoms with E-state index in [-0.39, 0.29) is 92.1 Å². The molecule has 1 saturated heterocycles. The summed E-state index contributed by atoms with van der Waals surface area (Å²) in [6.45, 7) is 1.70. The van der Waals surface area contributed by atoms with Crippen LogP contribution in [0.3, 0.4) is 0 Å². The van der Waals surface area contributed by atoms with E-state index in [0.29, 0.717) is 90.6 Å². The number of aliphatic hydroxyl groups excluding tert-OH is 6. The normalized spacial score (nSPS) is 22.4. The molecule has 4 aliphatic rings. The fourth-order valence-electron chi connectivity index (χ4n) is 14.0. The number of unbranched alkanes of at least 4 members (excludes halogenated alkanes) is 3. The molecule has 1 heterocycles. The van der Waals surface area contributed by atoms with Crippen molar-refractivity contribution < 1.29 is 93.1 Å². The maximum absolute atomic E-state index is 11.9. The van der Waals surface area contributed by atoms with Gasteiger partial charge in [0.25, 0.3) is 0 Å². The van der Waals surface area contributed by atoms with Crippen LogP contribution in [0.4, 0.5) is 0 Å². The number of fused-ring (bicyclic) bond motifs is 1. The highest BCUT2D eigenvalue weighted by Gasteiger charge is 2.50. The Bertz CT molecular complexity index is 3580. The van der Waals surface area contributed by atoms with Crippen LogP contribution in [0.2, 0.25) is 0 Å². The first-order valence-electron chi connectivity index (χ1n) is 37.8. The number of allylic oxidation sites excluding steroid dienone is 4. The summed E-state index contributed by atoms with van der Waals surface area (Å²) in [6.07, 6.45) is 15.0. The van der Waals surface area contributed by atoms with E-state index in [1.54, 1.807) is 21.3 Å². The number of carboxylic acids is 2. The lowest BCUT2D eigenvalue weighted by atomic mass is 9.91. The van der Waals surface area contributed by atoms with Crippen LogP contribution >= 0.6 is 23.9 Å². The minimum absolute atomic E-state index is 0.0121. The van der Waals surface area contributed by atoms with Crippen molar-refractivity contribution in [2.24, 2.45) is 35.5 Å². The van der Waals surface area contributed by atoms with Crippen LogP contribution in [0.15, 0.2) is 218 Å². The molecule has 2 unspecified atom stereocenters. The Morgan fingerprint density at radius 2 is 0.798 bits per heavy atom. The van der Waals surface area contributed by atoms with Gasteiger partial charge in [0, 0.05) is 87.9 Å². The van der Waals surface area contributed by atoms with Gasteiger partial charge in [-0.25, -0.2) is 0 Å². The molecule has 0 spiro atoms. The number of methoxy groups -OCH3 is 3. The van der Waals surface area contributed by atoms with Crippen molar-refractivity contribution in [2.45, 2.75) is 166 Å². The van der Waals surface area contributed by atoms with Gasteiger partial charge in [-0.3, -0.25) is 14.4 Å². The third-order valence-corrected chi connectivity index (χ3v) is 23.0. The van der Waals surface area contributed by atoms with E-state index >= 15 is 0 Å². The standard InChI is InChI=1S/C28H36O6.C21H30O6.C18H15P.C16H22O5.C5H9BrO2/c1-32-23-15-13-22(14-16-23)19-33-27-17-26(30)24(25(27)18-29)11-7-2-3-8-12-28(31)34-20-21-9-5-4-6-10-21;1-26-16-10-8-15(9-11-16)14-27-20-12-19(23)17(18(20)13-22)6-4-2-3-5-7-21(24)25;1-4-10-16(11-5-1)19(17-12-6-2-7-13-17)18-14-8-3-9-15-18;1-19-11-4-2-10(3-5-11)9-20-14-7-15-12(13(14)8-17)6-16(18)21-15;6-4-2-1-3-5(7)8/h2,4-7,9-10,13-16,24-27,29-30H,3,8,11-12,17-20H2,1H3;2,4,8-11,17-20,22-23H,3,5-7,12-14H2,1H3,(H,24,25);1-15H;2-5,12-18H,6-9H2,1H3;1-4H2,(H,7,8)/b7-2-;4-2-;;;/t24-,25-,26+,27-;17-,18-,19+,20-;;12-,13-,14-,15?,16?;/m11.1./s1. The van der Waals surface area contributed by atoms with Crippen molar-refractivity contribution in [3.63, 3.8) is 0 Å². The van der Waals surface area contributed by atoms with Gasteiger partial charge in [0.2, 0.25) is 0 Å². The van der Waals surface area contributed by atoms with Crippen molar-refractivity contribution in [1.29, 1.82) is 0 Å². The molecule has 8 N–H and O–H groups in total. The Balaban J connectivity index is 0.000000199. The number of carboxylic acid groups (broad SMARTS) is 2. The zero-order chi connectivity index (χ0) is 78.0. The lowest BCUT2D eigenvalue weighted by molar-refractivity contribution is -0.145. The smallest absolute Gasteiger partial charge is 0.306 e. The zero-order valence-electron chi connectivity index (χ0n) is 62.9. The molecular formula is C88H112BrO19P. The Morgan fingerprint density at radius 1 is 0.431 bits per heavy atom. The van der Waals surface area contributed by atoms with Crippen LogP contribution < -0.4 is 30.1 Å². The van der Waals surface area contributed by atoms with E-state index in [1.807, 2.05) is 127 Å². The molecule has 0 radical (unpaired) electrons. The predicted molar refractivity (Wildman–Crippen MR) is 428 cm³/mol. The number of ether oxygens (including phenoxy) is 8. The summed E-state index contributed by atoms with van der Waals surface area (Å²) in [6, 6.07) is 65.1. The van der Waals surface area contributed by atoms with Gasteiger partial charge in [0.05, 0.1) is 77.8 Å². The van der Waals surface area contributed by atoms with E-state index in [1.165, 1.54) is 15.9 Å². The van der Waals surface area contributed by atoms with E-state index in [2.05, 4.69) is 107 Å². The maximum Gasteiger partial charge on any atom is 0.306 e. The van der Waals surface area contributed by atoms with Crippen LogP contribution in [0.1, 0.15) is 119 Å². The van der Waals surface area contributed by atoms with Crippen molar-refractivity contribution >= 4 is 57.7 Å². The van der Waals surface area contributed by atoms with Crippen LogP contribution in [-0.2, 0) is 64.5 Å². The Hall–Kier alpha value is -7.66. The molecule has 590 valence electrons. The first-order chi connectivity index (χ1) is 53.1. The molecule has 13 atom stereocenters. The molecule has 21 heteroatoms. The highest BCUT2D eigenvalue weighted by atomic mass is 79.9. The van der Waals surface area contributed by atoms with Crippen LogP contribution in [0.5, 0.6) is 17.2 Å². The van der Waals surface area contributed by atoms with Gasteiger partial charge in [-0.2, -0.15) is 0 Å². The van der Waals surface area contributed by atoms with Gasteiger partial charge in [0.15, 0.2) is 6.29 Å². The van der Waals surface area contributed by atoms with E-state index in [4.69, 9.17) is 48.1 Å². The lowest BCUT2D eigenvalue weighted by Crippen LogP contribution is -2.26. The Kier molecular flexibility index (Phi) is 40.8. The molecule has 0 amide bonds. The number of carbonyl (C=O) groups excluding carboxylic acids is 1. The van der Waals surface area contributed by atoms with Crippen molar-refractivity contribution in [3.8, 4) is 17.2 Å². The van der Waals surface area contributed by atoms with Gasteiger partial charge in [-0.15, -0.1) is 0 Å². The van der Waals surface area contributed by atoms with Crippen LogP contribution in [-0.4, -0.2) is 148 Å². The molecular weight excluding hydrogens is 1470 g/mol. The molecule has 11 rings (SSSR count). The van der Waals surface area contributed by atoms with Gasteiger partial charge >= 0.3 is 17.9 Å². The van der Waals surface area contributed by atoms with Crippen LogP contribution in [0, 0.1) is 35.5 Å². The third kappa shape index (κ3) is 30.9. The molecule has 7 aromatic rings. The number of aliphatic carboxylic acids is 2. The first-order valence-corrected chi connectivity index (χ1v) is 40.2. The molecule has 1 aliphatic heterocycles. The number of carbonyl (C=O) groups is 3. The number of alkyl halides is 1. The molecule has 3 aliphatic carbocycles. The quantitative estimate of drug-likeness (QED) is 0.00595. The summed E-state index contributed by atoms with van der Waals surface area (Å²) in [5.41, 5.74) is 4.10. The van der Waals surface area contributed by atoms with Crippen molar-refractivity contribution in [2.75, 3.05) is 46.5 Å². The molecule has 4 fully saturated rings. The number of hydrogen-bond acceptors (Lipinski definition) is 17. The SMILES string of the molecule is COc1ccc(CO[C@@H]2CC3OC(O)C[C@@H]3[C@H]2CO)cc1.COc1ccc(CO[C@@H]2C[C@H](O)[C@H](C/C=C\CCCC(=O)O)[C@H]2CO)cc1.COc1ccc(CO[C@@H]2C[C@H](O)[C@H](C/C=C\CCCC(=O)OCc3ccccc3)[C@H]2CO)cc1.O=C(O)CCCCBr.c1ccc(P(c2ccccc2)c2ccccc2)cc1. The maximum atomic E-state index is 11.9. The first kappa shape index (κ1) is 88.6. The second-order valence-corrected chi connectivity index (χ2v) is 30.5. The summed E-state index contributed by atoms with van der Waals surface area (Å²) in [4.78, 5) is 32.2. The second kappa shape index (κ2) is 50.3. The highest BCUT2D eigenvalue weighted by molar-refractivity contribution is 9.09. The average Bonchev–Trinajstić information content (AvgIpc) is 1.66. The number of rotatable bonds is 36. The molecule has 19 nitrogen and oxygen atoms in total. The monoisotopic (exact) mass is 1580 g/mol. The molecule has 109 heavy (non-hydrogen) atoms. The fourth-order valence-corrected chi connectivity index (χ4v) is 16.7. The van der Waals surface area contributed by atoms with Gasteiger partial charge < -0.3 is 78.7 Å². The Morgan fingerprint density at radius 3 is 1.17 bits per heavy atom. The molecule has 0 bridgehead atoms. The molecule has 7 aromatic carbocycles. The summed E-state index contributed by atoms with van der Waals surface area (Å²) >= 11 is 3.21. The molecule has 0 aromatic heterocycles. The van der Waals surface area contributed by atoms with E-state index in [0.717, 1.165) is 70.5 Å². The summed E-state index contributed by atoms with van der Waals surface area (Å²) in [5, 5.41) is 81.7. The van der Waals surface area contributed by atoms with Gasteiger partial charge in [-0.1, -0.05) is 198 Å². The largest absolute Gasteiger partial charge is 0.497 e. The fraction of sp³-hybridized carbons (Fsp3) is 0.443. The number of halogens is 1. The van der Waals surface area contributed by atoms with Crippen molar-refractivity contribution in [3.05, 3.63) is 241 Å². The predicted octanol–water partition coefficient (Wildman–Crippen LogP) is 13.6. The second-order valence-electron chi connectivity index (χ2n) is 27.5. The van der Waals surface area contributed by atoms with E-state index < -0.39 is 38.4 Å². The topological polar surface area (TPSA) is 287 Å². The number of aliphatic hydroxyl groups is 6. The lowest BCUT2D eigenvalue weighted by Gasteiger charge is -2.23. The number of esters is 1. The number of hydrogen-bond donors (Lipinski definition) is 8. The summed E-state index contributed by atoms with van der Waals surface area (Å²) < 4.78 is 44.2. The van der Waals surface area contributed by atoms with Gasteiger partial charge in [-0.05, 0) is 152 Å². The van der Waals surface area contributed by atoms with Crippen molar-refractivity contribution in [1.82, 2.24) is 0 Å². The summed E-state index contributed by atoms with van der Waals surface area (Å²) in [5.74, 6) is 0.666. The minimum atomic E-state index is -0.785. The van der Waals surface area contributed by atoms with Gasteiger partial charge in [0.1, 0.15) is 23.9 Å². The third-order valence-electron chi connectivity index (χ3n) is 20.0. The highest BCUT2D eigenvalue weighted by Crippen LogP contribution is 2.45. The summed E-state index contributed by atoms with van der Waals surface area (Å²) in [7, 11) is 4.45. The number of benzene rings is 7. The Labute approximate surface area is 652 Å². The minimum Gasteiger partial charge on any atom is -0.497 e. The average molecular weight is 1580 g/mol.